The summed E-state index contributed by atoms with van der Waals surface area (Å²) in [5.41, 5.74) is 1.25. The number of methoxy groups -OCH3 is 2. The average molecular weight is 670 g/mol. The third kappa shape index (κ3) is 10.2. The van der Waals surface area contributed by atoms with E-state index in [1.165, 1.54) is 7.11 Å². The molecule has 0 atom stereocenters. The van der Waals surface area contributed by atoms with Crippen LogP contribution < -0.4 is 9.47 Å². The lowest BCUT2D eigenvalue weighted by Gasteiger charge is -2.26. The quantitative estimate of drug-likeness (QED) is 0.0983. The van der Waals surface area contributed by atoms with Crippen molar-refractivity contribution in [2.24, 2.45) is 17.3 Å². The summed E-state index contributed by atoms with van der Waals surface area (Å²) in [6.45, 7) is 5.38. The molecule has 0 unspecified atom stereocenters. The second kappa shape index (κ2) is 16.9. The van der Waals surface area contributed by atoms with Gasteiger partial charge in [0, 0.05) is 16.9 Å². The molecule has 246 valence electrons. The second-order valence-electron chi connectivity index (χ2n) is 12.2. The number of rotatable bonds is 14. The first-order chi connectivity index (χ1) is 22.1. The highest BCUT2D eigenvalue weighted by atomic mass is 35.5. The normalized spacial score (nSPS) is 16.3. The standard InChI is InChI=1S/C36H42Cl2N2O6/c1-36(2,24-45-23-26-7-14-29(43-3)15-8-26)20-19-31-33(32(41)18-9-25-5-10-27(11-6-25)34(42)44-4)40(35(38)39-31)21-22-46-30-16-12-28(37)13-17-30/h7-8,12-17,25,27H,5-6,9-11,18,21-24H2,1-4H3. The van der Waals surface area contributed by atoms with Gasteiger partial charge in [0.25, 0.3) is 0 Å². The molecule has 4 rings (SSSR count). The van der Waals surface area contributed by atoms with Crippen molar-refractivity contribution >= 4 is 35.0 Å². The van der Waals surface area contributed by atoms with Crippen LogP contribution in [0.2, 0.25) is 10.3 Å². The van der Waals surface area contributed by atoms with Gasteiger partial charge in [-0.2, -0.15) is 0 Å². The van der Waals surface area contributed by atoms with Crippen molar-refractivity contribution < 1.29 is 28.5 Å². The number of ether oxygens (including phenoxy) is 4. The Morgan fingerprint density at radius 3 is 2.30 bits per heavy atom. The minimum atomic E-state index is -0.515. The largest absolute Gasteiger partial charge is 0.497 e. The van der Waals surface area contributed by atoms with E-state index in [0.29, 0.717) is 60.7 Å². The molecule has 0 N–H and O–H groups in total. The van der Waals surface area contributed by atoms with Crippen molar-refractivity contribution in [3.63, 3.8) is 0 Å². The van der Waals surface area contributed by atoms with E-state index in [-0.39, 0.29) is 29.6 Å². The number of hydrogen-bond acceptors (Lipinski definition) is 7. The number of ketones is 1. The van der Waals surface area contributed by atoms with Gasteiger partial charge in [0.1, 0.15) is 29.5 Å². The number of aromatic nitrogens is 2. The molecule has 2 aromatic carbocycles. The van der Waals surface area contributed by atoms with Crippen molar-refractivity contribution in [3.05, 3.63) is 75.8 Å². The van der Waals surface area contributed by atoms with Crippen LogP contribution in [0.5, 0.6) is 11.5 Å². The monoisotopic (exact) mass is 668 g/mol. The van der Waals surface area contributed by atoms with Crippen LogP contribution in [0.4, 0.5) is 0 Å². The molecule has 0 amide bonds. The number of hydrogen-bond donors (Lipinski definition) is 0. The van der Waals surface area contributed by atoms with Crippen molar-refractivity contribution in [2.75, 3.05) is 27.4 Å². The summed E-state index contributed by atoms with van der Waals surface area (Å²) in [6, 6.07) is 14.8. The van der Waals surface area contributed by atoms with Crippen LogP contribution in [-0.2, 0) is 27.4 Å². The van der Waals surface area contributed by atoms with Gasteiger partial charge in [0.15, 0.2) is 5.78 Å². The van der Waals surface area contributed by atoms with E-state index < -0.39 is 5.41 Å². The molecule has 1 aliphatic rings. The molecule has 0 bridgehead atoms. The molecular weight excluding hydrogens is 627 g/mol. The fourth-order valence-corrected chi connectivity index (χ4v) is 5.88. The zero-order chi connectivity index (χ0) is 33.1. The predicted octanol–water partition coefficient (Wildman–Crippen LogP) is 7.81. The SMILES string of the molecule is COC(=O)C1CCC(CCC(=O)c2c(C#CC(C)(C)COCc3ccc(OC)cc3)nc(Cl)n2CCOc2ccc(Cl)cc2)CC1. The average Bonchev–Trinajstić information content (AvgIpc) is 3.38. The molecule has 0 saturated heterocycles. The van der Waals surface area contributed by atoms with Crippen LogP contribution in [-0.4, -0.2) is 48.7 Å². The summed E-state index contributed by atoms with van der Waals surface area (Å²) in [4.78, 5) is 30.2. The maximum absolute atomic E-state index is 13.8. The van der Waals surface area contributed by atoms with Crippen LogP contribution >= 0.6 is 23.2 Å². The summed E-state index contributed by atoms with van der Waals surface area (Å²) in [7, 11) is 3.07. The van der Waals surface area contributed by atoms with Crippen LogP contribution in [0.1, 0.15) is 74.1 Å². The van der Waals surface area contributed by atoms with Crippen molar-refractivity contribution in [1.29, 1.82) is 0 Å². The highest BCUT2D eigenvalue weighted by molar-refractivity contribution is 6.30. The lowest BCUT2D eigenvalue weighted by atomic mass is 9.79. The molecule has 8 nitrogen and oxygen atoms in total. The third-order valence-corrected chi connectivity index (χ3v) is 8.69. The molecule has 0 spiro atoms. The Morgan fingerprint density at radius 2 is 1.65 bits per heavy atom. The Kier molecular flexibility index (Phi) is 13.0. The highest BCUT2D eigenvalue weighted by Gasteiger charge is 2.28. The Hall–Kier alpha value is -3.51. The van der Waals surface area contributed by atoms with E-state index >= 15 is 0 Å². The number of carbonyl (C=O) groups is 2. The summed E-state index contributed by atoms with van der Waals surface area (Å²) < 4.78 is 23.7. The van der Waals surface area contributed by atoms with E-state index in [2.05, 4.69) is 16.8 Å². The Balaban J connectivity index is 1.45. The van der Waals surface area contributed by atoms with Gasteiger partial charge in [-0.25, -0.2) is 4.98 Å². The van der Waals surface area contributed by atoms with E-state index in [1.54, 1.807) is 35.9 Å². The molecule has 0 radical (unpaired) electrons. The topological polar surface area (TPSA) is 88.9 Å². The third-order valence-electron chi connectivity index (χ3n) is 8.15. The minimum absolute atomic E-state index is 0.0525. The molecular formula is C36H42Cl2N2O6. The van der Waals surface area contributed by atoms with Gasteiger partial charge in [0.05, 0.1) is 39.9 Å². The molecule has 1 aliphatic carbocycles. The smallest absolute Gasteiger partial charge is 0.308 e. The lowest BCUT2D eigenvalue weighted by molar-refractivity contribution is -0.146. The zero-order valence-electron chi connectivity index (χ0n) is 26.9. The molecule has 1 fully saturated rings. The molecule has 3 aromatic rings. The van der Waals surface area contributed by atoms with Crippen LogP contribution in [0, 0.1) is 29.1 Å². The van der Waals surface area contributed by atoms with Gasteiger partial charge < -0.3 is 23.5 Å². The van der Waals surface area contributed by atoms with Gasteiger partial charge >= 0.3 is 5.97 Å². The van der Waals surface area contributed by atoms with Crippen LogP contribution in [0.15, 0.2) is 48.5 Å². The van der Waals surface area contributed by atoms with Crippen molar-refractivity contribution in [3.8, 4) is 23.3 Å². The number of esters is 1. The van der Waals surface area contributed by atoms with E-state index in [1.807, 2.05) is 38.1 Å². The fourth-order valence-electron chi connectivity index (χ4n) is 5.50. The van der Waals surface area contributed by atoms with Crippen LogP contribution in [0.25, 0.3) is 0 Å². The van der Waals surface area contributed by atoms with Crippen LogP contribution in [0.3, 0.4) is 0 Å². The number of imidazole rings is 1. The number of benzene rings is 2. The predicted molar refractivity (Wildman–Crippen MR) is 179 cm³/mol. The molecule has 10 heteroatoms. The number of carbonyl (C=O) groups excluding carboxylic acids is 2. The first-order valence-electron chi connectivity index (χ1n) is 15.6. The summed E-state index contributed by atoms with van der Waals surface area (Å²) in [5, 5.41) is 0.799. The number of nitrogens with zero attached hydrogens (tertiary/aromatic N) is 2. The minimum Gasteiger partial charge on any atom is -0.497 e. The van der Waals surface area contributed by atoms with Gasteiger partial charge in [0.2, 0.25) is 5.28 Å². The first kappa shape index (κ1) is 35.3. The Bertz CT molecular complexity index is 1510. The van der Waals surface area contributed by atoms with Gasteiger partial charge in [-0.15, -0.1) is 0 Å². The van der Waals surface area contributed by atoms with E-state index in [4.69, 9.17) is 42.1 Å². The maximum atomic E-state index is 13.8. The van der Waals surface area contributed by atoms with Crippen molar-refractivity contribution in [1.82, 2.24) is 9.55 Å². The van der Waals surface area contributed by atoms with Gasteiger partial charge in [-0.05, 0) is 111 Å². The molecule has 1 saturated carbocycles. The Morgan fingerprint density at radius 1 is 0.978 bits per heavy atom. The fraction of sp³-hybridized carbons (Fsp3) is 0.472. The summed E-state index contributed by atoms with van der Waals surface area (Å²) in [6.07, 6.45) is 4.39. The molecule has 0 aliphatic heterocycles. The number of Topliss-reactive ketones (excluding diaryl/α,β-unsaturated/α-hetero) is 1. The summed E-state index contributed by atoms with van der Waals surface area (Å²) in [5.74, 6) is 7.95. The number of halogens is 2. The second-order valence-corrected chi connectivity index (χ2v) is 13.0. The zero-order valence-corrected chi connectivity index (χ0v) is 28.5. The maximum Gasteiger partial charge on any atom is 0.308 e. The van der Waals surface area contributed by atoms with E-state index in [9.17, 15) is 9.59 Å². The molecule has 1 aromatic heterocycles. The van der Waals surface area contributed by atoms with Gasteiger partial charge in [-0.3, -0.25) is 9.59 Å². The van der Waals surface area contributed by atoms with E-state index in [0.717, 1.165) is 37.0 Å². The molecule has 1 heterocycles. The van der Waals surface area contributed by atoms with Gasteiger partial charge in [-0.1, -0.05) is 29.7 Å². The summed E-state index contributed by atoms with van der Waals surface area (Å²) >= 11 is 12.6. The van der Waals surface area contributed by atoms with Crippen molar-refractivity contribution in [2.45, 2.75) is 65.5 Å². The highest BCUT2D eigenvalue weighted by Crippen LogP contribution is 2.33. The lowest BCUT2D eigenvalue weighted by Crippen LogP contribution is -2.23. The first-order valence-corrected chi connectivity index (χ1v) is 16.3. The Labute approximate surface area is 281 Å². The molecule has 46 heavy (non-hydrogen) atoms.